The van der Waals surface area contributed by atoms with Crippen LogP contribution in [0, 0.1) is 0 Å². The Kier molecular flexibility index (Phi) is 13.7. The molecule has 0 aliphatic rings. The Hall–Kier alpha value is 1.87. The van der Waals surface area contributed by atoms with Gasteiger partial charge in [-0.05, 0) is 0 Å². The molecule has 0 aliphatic heterocycles. The zero-order valence-electron chi connectivity index (χ0n) is 5.13. The van der Waals surface area contributed by atoms with Crippen LogP contribution in [0.2, 0.25) is 0 Å². The summed E-state index contributed by atoms with van der Waals surface area (Å²) in [5.74, 6) is 0. The van der Waals surface area contributed by atoms with E-state index < -0.39 is 10.4 Å². The van der Waals surface area contributed by atoms with E-state index in [4.69, 9.17) is 17.5 Å². The molecule has 0 aliphatic carbocycles. The molecule has 0 spiro atoms. The summed E-state index contributed by atoms with van der Waals surface area (Å²) in [7, 11) is -4.67. The molecule has 0 unspecified atom stereocenters. The minimum atomic E-state index is -4.67. The molecule has 7 heavy (non-hydrogen) atoms. The molecule has 2 N–H and O–H groups in total. The predicted molar refractivity (Wildman–Crippen MR) is 22.2 cm³/mol. The number of rotatable bonds is 0. The van der Waals surface area contributed by atoms with Gasteiger partial charge in [0.2, 0.25) is 0 Å². The standard InChI is InChI=1S/Ag.Ca.H2O4S.2H/c;;1-5(2,3)4;;/h;;(H2,1,2,3,4);;/q;+2;;2*-1. The van der Waals surface area contributed by atoms with E-state index in [-0.39, 0.29) is 63.0 Å². The Morgan fingerprint density at radius 3 is 1.29 bits per heavy atom. The van der Waals surface area contributed by atoms with Gasteiger partial charge in [0.1, 0.15) is 0 Å². The maximum Gasteiger partial charge on any atom is 2.00 e. The average Bonchev–Trinajstić information content (AvgIpc) is 0.722. The quantitative estimate of drug-likeness (QED) is 0.434. The van der Waals surface area contributed by atoms with E-state index in [0.717, 1.165) is 0 Å². The first-order valence-electron chi connectivity index (χ1n) is 0.698. The second kappa shape index (κ2) is 6.00. The van der Waals surface area contributed by atoms with Gasteiger partial charge in [-0.25, -0.2) is 0 Å². The molecule has 0 saturated heterocycles. The van der Waals surface area contributed by atoms with E-state index in [1.165, 1.54) is 0 Å². The minimum absolute atomic E-state index is 0. The van der Waals surface area contributed by atoms with E-state index >= 15 is 0 Å². The van der Waals surface area contributed by atoms with E-state index in [2.05, 4.69) is 0 Å². The largest absolute Gasteiger partial charge is 2.00 e. The van der Waals surface area contributed by atoms with Crippen molar-refractivity contribution >= 4 is 48.1 Å². The van der Waals surface area contributed by atoms with E-state index in [9.17, 15) is 0 Å². The van der Waals surface area contributed by atoms with Crippen LogP contribution in [0.4, 0.5) is 0 Å². The summed E-state index contributed by atoms with van der Waals surface area (Å²) in [6, 6.07) is 0. The maximum atomic E-state index is 8.74. The second-order valence-electron chi connectivity index (χ2n) is 0.448. The summed E-state index contributed by atoms with van der Waals surface area (Å²) in [6.07, 6.45) is 0. The third-order valence-corrected chi connectivity index (χ3v) is 0. The van der Waals surface area contributed by atoms with Crippen molar-refractivity contribution in [1.82, 2.24) is 0 Å². The third-order valence-electron chi connectivity index (χ3n) is 0. The van der Waals surface area contributed by atoms with Crippen molar-refractivity contribution in [1.29, 1.82) is 0 Å². The molecular weight excluding hydrogens is 244 g/mol. The fourth-order valence-corrected chi connectivity index (χ4v) is 0. The summed E-state index contributed by atoms with van der Waals surface area (Å²) in [6.45, 7) is 0. The van der Waals surface area contributed by atoms with Crippen LogP contribution >= 0.6 is 0 Å². The molecule has 1 radical (unpaired) electrons. The molecule has 0 atom stereocenters. The summed E-state index contributed by atoms with van der Waals surface area (Å²) in [5.41, 5.74) is 0. The Bertz CT molecular complexity index is 102. The molecule has 0 fully saturated rings. The van der Waals surface area contributed by atoms with Gasteiger partial charge < -0.3 is 2.85 Å². The van der Waals surface area contributed by atoms with Crippen molar-refractivity contribution in [3.05, 3.63) is 0 Å². The molecule has 0 saturated carbocycles. The first-order chi connectivity index (χ1) is 2.00. The van der Waals surface area contributed by atoms with Crippen LogP contribution < -0.4 is 0 Å². The Balaban J connectivity index is -0.0000000133. The summed E-state index contributed by atoms with van der Waals surface area (Å²) < 4.78 is 31.6. The average molecular weight is 248 g/mol. The van der Waals surface area contributed by atoms with Gasteiger partial charge in [0.15, 0.2) is 0 Å². The van der Waals surface area contributed by atoms with Gasteiger partial charge in [-0.3, -0.25) is 9.11 Å². The predicted octanol–water partition coefficient (Wildman–Crippen LogP) is -0.811. The van der Waals surface area contributed by atoms with Gasteiger partial charge in [0.05, 0.1) is 0 Å². The molecule has 0 aromatic carbocycles. The number of hydrogen-bond donors (Lipinski definition) is 2. The van der Waals surface area contributed by atoms with Crippen LogP contribution in [0.25, 0.3) is 0 Å². The molecule has 0 bridgehead atoms. The fourth-order valence-electron chi connectivity index (χ4n) is 0. The Morgan fingerprint density at radius 1 is 1.29 bits per heavy atom. The van der Waals surface area contributed by atoms with Gasteiger partial charge in [-0.15, -0.1) is 0 Å². The first-order valence-corrected chi connectivity index (χ1v) is 2.10. The Morgan fingerprint density at radius 2 is 1.29 bits per heavy atom. The monoisotopic (exact) mass is 247 g/mol. The van der Waals surface area contributed by atoms with Crippen LogP contribution in [0.15, 0.2) is 0 Å². The van der Waals surface area contributed by atoms with Crippen LogP contribution in [-0.4, -0.2) is 55.3 Å². The Labute approximate surface area is 89.7 Å². The third kappa shape index (κ3) is 77.5. The van der Waals surface area contributed by atoms with Gasteiger partial charge in [0.25, 0.3) is 0 Å². The van der Waals surface area contributed by atoms with Gasteiger partial charge in [0, 0.05) is 22.4 Å². The van der Waals surface area contributed by atoms with Crippen LogP contribution in [0.3, 0.4) is 0 Å². The van der Waals surface area contributed by atoms with E-state index in [1.54, 1.807) is 0 Å². The van der Waals surface area contributed by atoms with Crippen molar-refractivity contribution in [2.75, 3.05) is 0 Å². The van der Waals surface area contributed by atoms with Gasteiger partial charge in [-0.1, -0.05) is 0 Å². The minimum Gasteiger partial charge on any atom is -1.00 e. The fraction of sp³-hybridized carbons (Fsp3) is 0. The summed E-state index contributed by atoms with van der Waals surface area (Å²) >= 11 is 0. The van der Waals surface area contributed by atoms with Crippen molar-refractivity contribution in [3.8, 4) is 0 Å². The molecule has 0 aromatic heterocycles. The summed E-state index contributed by atoms with van der Waals surface area (Å²) in [5, 5.41) is 0. The van der Waals surface area contributed by atoms with Gasteiger partial charge in [-0.2, -0.15) is 8.42 Å². The summed E-state index contributed by atoms with van der Waals surface area (Å²) in [4.78, 5) is 0. The zero-order valence-corrected chi connectivity index (χ0v) is 7.63. The van der Waals surface area contributed by atoms with Gasteiger partial charge >= 0.3 is 48.1 Å². The molecular formula is H4AgCaO4S. The van der Waals surface area contributed by atoms with Crippen LogP contribution in [0.1, 0.15) is 2.85 Å². The smallest absolute Gasteiger partial charge is 1.00 e. The zero-order chi connectivity index (χ0) is 4.50. The van der Waals surface area contributed by atoms with E-state index in [0.29, 0.717) is 0 Å². The second-order valence-corrected chi connectivity index (χ2v) is 1.34. The normalized spacial score (nSPS) is 8.29. The van der Waals surface area contributed by atoms with Crippen molar-refractivity contribution in [3.63, 3.8) is 0 Å². The van der Waals surface area contributed by atoms with Crippen LogP contribution in [0.5, 0.6) is 0 Å². The van der Waals surface area contributed by atoms with E-state index in [1.807, 2.05) is 0 Å². The molecule has 47 valence electrons. The molecule has 7 heteroatoms. The first kappa shape index (κ1) is 15.9. The molecule has 0 heterocycles. The number of hydrogen-bond acceptors (Lipinski definition) is 2. The molecule has 0 aromatic rings. The van der Waals surface area contributed by atoms with Crippen molar-refractivity contribution in [2.45, 2.75) is 0 Å². The van der Waals surface area contributed by atoms with Crippen molar-refractivity contribution < 1.29 is 42.8 Å². The SMILES string of the molecule is O=S(=O)(O)O.[Ag].[Ca+2].[H-].[H-]. The van der Waals surface area contributed by atoms with Crippen molar-refractivity contribution in [2.24, 2.45) is 0 Å². The molecule has 0 rings (SSSR count). The van der Waals surface area contributed by atoms with Crippen LogP contribution in [-0.2, 0) is 32.8 Å². The molecule has 0 amide bonds. The molecule has 4 nitrogen and oxygen atoms in total. The topological polar surface area (TPSA) is 74.6 Å². The maximum absolute atomic E-state index is 8.74.